The summed E-state index contributed by atoms with van der Waals surface area (Å²) < 4.78 is 27.0. The summed E-state index contributed by atoms with van der Waals surface area (Å²) in [4.78, 5) is 15.0. The minimum Gasteiger partial charge on any atom is -0.486 e. The van der Waals surface area contributed by atoms with Crippen molar-refractivity contribution in [3.8, 4) is 17.2 Å². The van der Waals surface area contributed by atoms with E-state index in [4.69, 9.17) is 9.47 Å². The lowest BCUT2D eigenvalue weighted by Gasteiger charge is -2.26. The predicted molar refractivity (Wildman–Crippen MR) is 113 cm³/mol. The average molecular weight is 441 g/mol. The van der Waals surface area contributed by atoms with E-state index >= 15 is 0 Å². The van der Waals surface area contributed by atoms with Gasteiger partial charge in [0.05, 0.1) is 17.5 Å². The summed E-state index contributed by atoms with van der Waals surface area (Å²) in [7, 11) is 0. The molecule has 0 N–H and O–H groups in total. The van der Waals surface area contributed by atoms with Gasteiger partial charge in [0.1, 0.15) is 25.4 Å². The quantitative estimate of drug-likeness (QED) is 0.565. The molecule has 160 valence electrons. The Morgan fingerprint density at radius 2 is 2.00 bits per heavy atom. The van der Waals surface area contributed by atoms with Crippen LogP contribution in [0.2, 0.25) is 0 Å². The third-order valence-electron chi connectivity index (χ3n) is 5.48. The van der Waals surface area contributed by atoms with Gasteiger partial charge in [-0.05, 0) is 42.7 Å². The van der Waals surface area contributed by atoms with Gasteiger partial charge in [-0.1, -0.05) is 30.0 Å². The SMILES string of the molecule is O=C(CSc1nncn1-c1ccccc1F)N1CCC[C@H]1c1ccc2c(c1)OCCO2. The number of carbonyl (C=O) groups is 1. The van der Waals surface area contributed by atoms with Crippen molar-refractivity contribution < 1.29 is 18.7 Å². The van der Waals surface area contributed by atoms with E-state index in [9.17, 15) is 9.18 Å². The van der Waals surface area contributed by atoms with Crippen molar-refractivity contribution in [2.24, 2.45) is 0 Å². The van der Waals surface area contributed by atoms with Gasteiger partial charge in [0.2, 0.25) is 5.91 Å². The molecule has 3 heterocycles. The molecule has 1 atom stereocenters. The molecule has 7 nitrogen and oxygen atoms in total. The van der Waals surface area contributed by atoms with E-state index in [1.165, 1.54) is 24.2 Å². The van der Waals surface area contributed by atoms with Crippen molar-refractivity contribution in [1.29, 1.82) is 0 Å². The van der Waals surface area contributed by atoms with Gasteiger partial charge in [-0.3, -0.25) is 9.36 Å². The van der Waals surface area contributed by atoms with Crippen LogP contribution in [0.1, 0.15) is 24.4 Å². The molecule has 0 aliphatic carbocycles. The minimum atomic E-state index is -0.367. The summed E-state index contributed by atoms with van der Waals surface area (Å²) in [6.07, 6.45) is 3.31. The molecule has 1 amide bonds. The molecule has 1 fully saturated rings. The summed E-state index contributed by atoms with van der Waals surface area (Å²) >= 11 is 1.26. The summed E-state index contributed by atoms with van der Waals surface area (Å²) in [6, 6.07) is 12.3. The summed E-state index contributed by atoms with van der Waals surface area (Å²) in [5.74, 6) is 1.33. The Morgan fingerprint density at radius 3 is 2.87 bits per heavy atom. The predicted octanol–water partition coefficient (Wildman–Crippen LogP) is 3.63. The lowest BCUT2D eigenvalue weighted by molar-refractivity contribution is -0.129. The normalized spacial score (nSPS) is 17.7. The zero-order valence-electron chi connectivity index (χ0n) is 16.7. The highest BCUT2D eigenvalue weighted by Crippen LogP contribution is 2.38. The number of nitrogens with zero attached hydrogens (tertiary/aromatic N) is 4. The zero-order chi connectivity index (χ0) is 21.2. The number of hydrogen-bond donors (Lipinski definition) is 0. The summed E-state index contributed by atoms with van der Waals surface area (Å²) in [5.41, 5.74) is 1.41. The molecule has 0 spiro atoms. The molecule has 1 aromatic heterocycles. The van der Waals surface area contributed by atoms with Crippen molar-refractivity contribution in [3.63, 3.8) is 0 Å². The number of hydrogen-bond acceptors (Lipinski definition) is 6. The standard InChI is InChI=1S/C22H21FN4O3S/c23-16-4-1-2-5-18(16)27-14-24-25-22(27)31-13-21(28)26-9-3-6-17(26)15-7-8-19-20(12-15)30-11-10-29-19/h1-2,4-5,7-8,12,14,17H,3,6,9-11,13H2/t17-/m0/s1. The van der Waals surface area contributed by atoms with E-state index in [0.29, 0.717) is 30.6 Å². The number of fused-ring (bicyclic) bond motifs is 1. The molecule has 9 heteroatoms. The molecule has 0 saturated carbocycles. The van der Waals surface area contributed by atoms with Crippen molar-refractivity contribution in [2.45, 2.75) is 24.0 Å². The maximum absolute atomic E-state index is 14.2. The molecular formula is C22H21FN4O3S. The van der Waals surface area contributed by atoms with Gasteiger partial charge in [-0.25, -0.2) is 4.39 Å². The zero-order valence-corrected chi connectivity index (χ0v) is 17.6. The average Bonchev–Trinajstić information content (AvgIpc) is 3.47. The van der Waals surface area contributed by atoms with Crippen molar-refractivity contribution in [2.75, 3.05) is 25.5 Å². The summed E-state index contributed by atoms with van der Waals surface area (Å²) in [5, 5.41) is 8.44. The van der Waals surface area contributed by atoms with Crippen LogP contribution in [0.3, 0.4) is 0 Å². The first-order valence-electron chi connectivity index (χ1n) is 10.2. The number of para-hydroxylation sites is 1. The fourth-order valence-corrected chi connectivity index (χ4v) is 4.83. The molecule has 0 bridgehead atoms. The first kappa shape index (κ1) is 19.9. The van der Waals surface area contributed by atoms with E-state index < -0.39 is 0 Å². The molecule has 3 aromatic rings. The minimum absolute atomic E-state index is 0.00774. The van der Waals surface area contributed by atoms with E-state index in [0.717, 1.165) is 29.9 Å². The molecule has 0 unspecified atom stereocenters. The maximum atomic E-state index is 14.2. The number of ether oxygens (including phenoxy) is 2. The second-order valence-corrected chi connectivity index (χ2v) is 8.31. The molecule has 5 rings (SSSR count). The van der Waals surface area contributed by atoms with Crippen LogP contribution in [-0.4, -0.2) is 51.1 Å². The number of carbonyl (C=O) groups excluding carboxylic acids is 1. The Bertz CT molecular complexity index is 1110. The van der Waals surface area contributed by atoms with Gasteiger partial charge >= 0.3 is 0 Å². The first-order chi connectivity index (χ1) is 15.2. The number of likely N-dealkylation sites (tertiary alicyclic amines) is 1. The fraction of sp³-hybridized carbons (Fsp3) is 0.318. The van der Waals surface area contributed by atoms with Crippen LogP contribution in [0.25, 0.3) is 5.69 Å². The third kappa shape index (κ3) is 3.97. The Morgan fingerprint density at radius 1 is 1.16 bits per heavy atom. The van der Waals surface area contributed by atoms with Crippen molar-refractivity contribution in [3.05, 3.63) is 60.2 Å². The van der Waals surface area contributed by atoms with Crippen LogP contribution in [0.15, 0.2) is 53.9 Å². The number of benzene rings is 2. The molecule has 1 saturated heterocycles. The van der Waals surface area contributed by atoms with Gasteiger partial charge in [0, 0.05) is 6.54 Å². The molecule has 31 heavy (non-hydrogen) atoms. The van der Waals surface area contributed by atoms with Gasteiger partial charge in [-0.2, -0.15) is 0 Å². The Balaban J connectivity index is 1.29. The topological polar surface area (TPSA) is 69.5 Å². The highest BCUT2D eigenvalue weighted by Gasteiger charge is 2.31. The summed E-state index contributed by atoms with van der Waals surface area (Å²) in [6.45, 7) is 1.79. The van der Waals surface area contributed by atoms with Crippen LogP contribution >= 0.6 is 11.8 Å². The molecule has 2 aliphatic heterocycles. The number of amides is 1. The van der Waals surface area contributed by atoms with Crippen LogP contribution in [0.5, 0.6) is 11.5 Å². The Kier molecular flexibility index (Phi) is 5.50. The van der Waals surface area contributed by atoms with Crippen molar-refractivity contribution >= 4 is 17.7 Å². The van der Waals surface area contributed by atoms with Gasteiger partial charge in [-0.15, -0.1) is 10.2 Å². The van der Waals surface area contributed by atoms with Crippen LogP contribution in [-0.2, 0) is 4.79 Å². The third-order valence-corrected chi connectivity index (χ3v) is 6.41. The fourth-order valence-electron chi connectivity index (χ4n) is 4.02. The Labute approximate surface area is 183 Å². The molecule has 0 radical (unpaired) electrons. The van der Waals surface area contributed by atoms with Gasteiger partial charge in [0.25, 0.3) is 0 Å². The molecule has 2 aliphatic rings. The van der Waals surface area contributed by atoms with Crippen molar-refractivity contribution in [1.82, 2.24) is 19.7 Å². The number of rotatable bonds is 5. The lowest BCUT2D eigenvalue weighted by atomic mass is 10.0. The van der Waals surface area contributed by atoms with Crippen LogP contribution in [0.4, 0.5) is 4.39 Å². The smallest absolute Gasteiger partial charge is 0.233 e. The second kappa shape index (κ2) is 8.58. The molecule has 2 aromatic carbocycles. The van der Waals surface area contributed by atoms with E-state index in [1.807, 2.05) is 23.1 Å². The largest absolute Gasteiger partial charge is 0.486 e. The second-order valence-electron chi connectivity index (χ2n) is 7.37. The van der Waals surface area contributed by atoms with E-state index in [-0.39, 0.29) is 23.5 Å². The first-order valence-corrected chi connectivity index (χ1v) is 11.2. The van der Waals surface area contributed by atoms with Crippen LogP contribution in [0, 0.1) is 5.82 Å². The highest BCUT2D eigenvalue weighted by molar-refractivity contribution is 7.99. The lowest BCUT2D eigenvalue weighted by Crippen LogP contribution is -2.32. The monoisotopic (exact) mass is 440 g/mol. The van der Waals surface area contributed by atoms with E-state index in [2.05, 4.69) is 10.2 Å². The maximum Gasteiger partial charge on any atom is 0.233 e. The number of aromatic nitrogens is 3. The van der Waals surface area contributed by atoms with Crippen LogP contribution < -0.4 is 9.47 Å². The van der Waals surface area contributed by atoms with Gasteiger partial charge < -0.3 is 14.4 Å². The number of halogens is 1. The Hall–Kier alpha value is -3.07. The van der Waals surface area contributed by atoms with E-state index in [1.54, 1.807) is 22.8 Å². The van der Waals surface area contributed by atoms with Gasteiger partial charge in [0.15, 0.2) is 16.7 Å². The molecular weight excluding hydrogens is 419 g/mol. The number of thioether (sulfide) groups is 1. The highest BCUT2D eigenvalue weighted by atomic mass is 32.2.